The van der Waals surface area contributed by atoms with Crippen LogP contribution in [0.25, 0.3) is 0 Å². The summed E-state index contributed by atoms with van der Waals surface area (Å²) in [6.07, 6.45) is 1.28. The third kappa shape index (κ3) is 3.89. The number of methoxy groups -OCH3 is 1. The largest absolute Gasteiger partial charge is 0.493 e. The average molecular weight is 306 g/mol. The fraction of sp³-hybridized carbons (Fsp3) is 0.188. The first kappa shape index (κ1) is 15.2. The predicted molar refractivity (Wildman–Crippen MR) is 82.9 cm³/mol. The smallest absolute Gasteiger partial charge is 0.180 e. The molecule has 0 saturated carbocycles. The lowest BCUT2D eigenvalue weighted by molar-refractivity contribution is 0.284. The molecule has 0 radical (unpaired) electrons. The SMILES string of the molecule is COc1cc(/C=N\O)cc(Cl)c1OCc1ccc(C)cc1. The number of benzene rings is 2. The fourth-order valence-electron chi connectivity index (χ4n) is 1.86. The summed E-state index contributed by atoms with van der Waals surface area (Å²) in [5.41, 5.74) is 2.86. The first-order chi connectivity index (χ1) is 10.1. The average Bonchev–Trinajstić information content (AvgIpc) is 2.47. The lowest BCUT2D eigenvalue weighted by Crippen LogP contribution is -1.99. The van der Waals surface area contributed by atoms with Gasteiger partial charge in [0, 0.05) is 5.56 Å². The number of oxime groups is 1. The normalized spacial score (nSPS) is 10.8. The molecule has 0 bridgehead atoms. The molecule has 0 fully saturated rings. The second-order valence-electron chi connectivity index (χ2n) is 4.55. The van der Waals surface area contributed by atoms with Crippen molar-refractivity contribution < 1.29 is 14.7 Å². The van der Waals surface area contributed by atoms with Gasteiger partial charge in [-0.05, 0) is 24.6 Å². The third-order valence-corrected chi connectivity index (χ3v) is 3.24. The second kappa shape index (κ2) is 6.99. The van der Waals surface area contributed by atoms with Crippen molar-refractivity contribution in [1.29, 1.82) is 0 Å². The van der Waals surface area contributed by atoms with Gasteiger partial charge in [0.2, 0.25) is 0 Å². The van der Waals surface area contributed by atoms with Crippen LogP contribution in [0.5, 0.6) is 11.5 Å². The van der Waals surface area contributed by atoms with E-state index in [1.807, 2.05) is 31.2 Å². The molecule has 2 aromatic carbocycles. The van der Waals surface area contributed by atoms with E-state index in [4.69, 9.17) is 26.3 Å². The van der Waals surface area contributed by atoms with Crippen LogP contribution >= 0.6 is 11.6 Å². The van der Waals surface area contributed by atoms with Gasteiger partial charge in [-0.3, -0.25) is 0 Å². The Morgan fingerprint density at radius 3 is 2.57 bits per heavy atom. The Morgan fingerprint density at radius 1 is 1.24 bits per heavy atom. The summed E-state index contributed by atoms with van der Waals surface area (Å²) in [5.74, 6) is 0.958. The summed E-state index contributed by atoms with van der Waals surface area (Å²) in [6, 6.07) is 11.4. The van der Waals surface area contributed by atoms with E-state index < -0.39 is 0 Å². The number of nitrogens with zero attached hydrogens (tertiary/aromatic N) is 1. The highest BCUT2D eigenvalue weighted by Crippen LogP contribution is 2.36. The Labute approximate surface area is 128 Å². The summed E-state index contributed by atoms with van der Waals surface area (Å²) in [6.45, 7) is 2.43. The van der Waals surface area contributed by atoms with E-state index in [0.717, 1.165) is 5.56 Å². The van der Waals surface area contributed by atoms with Crippen molar-refractivity contribution in [3.8, 4) is 11.5 Å². The summed E-state index contributed by atoms with van der Waals surface area (Å²) in [7, 11) is 1.53. The van der Waals surface area contributed by atoms with E-state index in [-0.39, 0.29) is 0 Å². The maximum absolute atomic E-state index is 8.57. The zero-order valence-corrected chi connectivity index (χ0v) is 12.6. The van der Waals surface area contributed by atoms with Crippen LogP contribution in [0.4, 0.5) is 0 Å². The second-order valence-corrected chi connectivity index (χ2v) is 4.96. The molecule has 4 nitrogen and oxygen atoms in total. The standard InChI is InChI=1S/C16H16ClNO3/c1-11-3-5-12(6-4-11)10-21-16-14(17)7-13(9-18-19)8-15(16)20-2/h3-9,19H,10H2,1-2H3/b18-9-. The summed E-state index contributed by atoms with van der Waals surface area (Å²) in [4.78, 5) is 0. The third-order valence-electron chi connectivity index (χ3n) is 2.96. The highest BCUT2D eigenvalue weighted by Gasteiger charge is 2.11. The number of hydrogen-bond acceptors (Lipinski definition) is 4. The highest BCUT2D eigenvalue weighted by atomic mass is 35.5. The minimum Gasteiger partial charge on any atom is -0.493 e. The Morgan fingerprint density at radius 2 is 1.95 bits per heavy atom. The molecule has 0 aliphatic rings. The van der Waals surface area contributed by atoms with Crippen LogP contribution in [0, 0.1) is 6.92 Å². The molecule has 5 heteroatoms. The maximum atomic E-state index is 8.57. The van der Waals surface area contributed by atoms with E-state index in [1.165, 1.54) is 18.9 Å². The monoisotopic (exact) mass is 305 g/mol. The van der Waals surface area contributed by atoms with Gasteiger partial charge in [0.25, 0.3) is 0 Å². The number of aryl methyl sites for hydroxylation is 1. The van der Waals surface area contributed by atoms with E-state index in [0.29, 0.717) is 28.7 Å². The van der Waals surface area contributed by atoms with Crippen molar-refractivity contribution in [1.82, 2.24) is 0 Å². The Balaban J connectivity index is 2.20. The number of rotatable bonds is 5. The molecule has 2 rings (SSSR count). The highest BCUT2D eigenvalue weighted by molar-refractivity contribution is 6.32. The minimum absolute atomic E-state index is 0.393. The van der Waals surface area contributed by atoms with Gasteiger partial charge < -0.3 is 14.7 Å². The van der Waals surface area contributed by atoms with E-state index >= 15 is 0 Å². The van der Waals surface area contributed by atoms with Gasteiger partial charge >= 0.3 is 0 Å². The van der Waals surface area contributed by atoms with E-state index in [9.17, 15) is 0 Å². The van der Waals surface area contributed by atoms with Gasteiger partial charge in [-0.25, -0.2) is 0 Å². The van der Waals surface area contributed by atoms with Crippen molar-refractivity contribution >= 4 is 17.8 Å². The van der Waals surface area contributed by atoms with Crippen LogP contribution in [-0.2, 0) is 6.61 Å². The molecule has 2 aromatic rings. The molecule has 21 heavy (non-hydrogen) atoms. The Bertz CT molecular complexity index is 639. The van der Waals surface area contributed by atoms with Gasteiger partial charge in [-0.2, -0.15) is 0 Å². The maximum Gasteiger partial charge on any atom is 0.180 e. The van der Waals surface area contributed by atoms with Crippen LogP contribution in [0.15, 0.2) is 41.6 Å². The Hall–Kier alpha value is -2.20. The molecule has 0 aromatic heterocycles. The van der Waals surface area contributed by atoms with Gasteiger partial charge in [0.1, 0.15) is 6.61 Å². The molecule has 0 heterocycles. The van der Waals surface area contributed by atoms with Crippen LogP contribution in [-0.4, -0.2) is 18.5 Å². The quantitative estimate of drug-likeness (QED) is 0.515. The molecule has 0 unspecified atom stereocenters. The molecule has 0 atom stereocenters. The van der Waals surface area contributed by atoms with Gasteiger partial charge in [-0.15, -0.1) is 0 Å². The molecule has 0 aliphatic carbocycles. The first-order valence-corrected chi connectivity index (χ1v) is 6.75. The number of hydrogen-bond donors (Lipinski definition) is 1. The molecule has 110 valence electrons. The number of ether oxygens (including phenoxy) is 2. The molecule has 0 amide bonds. The molecular formula is C16H16ClNO3. The van der Waals surface area contributed by atoms with Gasteiger partial charge in [-0.1, -0.05) is 46.6 Å². The summed E-state index contributed by atoms with van der Waals surface area (Å²) >= 11 is 6.19. The minimum atomic E-state index is 0.393. The molecule has 0 spiro atoms. The van der Waals surface area contributed by atoms with Crippen molar-refractivity contribution in [3.63, 3.8) is 0 Å². The van der Waals surface area contributed by atoms with E-state index in [1.54, 1.807) is 12.1 Å². The van der Waals surface area contributed by atoms with Crippen LogP contribution < -0.4 is 9.47 Å². The Kier molecular flexibility index (Phi) is 5.06. The molecule has 1 N–H and O–H groups in total. The van der Waals surface area contributed by atoms with Crippen LogP contribution in [0.1, 0.15) is 16.7 Å². The zero-order chi connectivity index (χ0) is 15.2. The number of halogens is 1. The summed E-state index contributed by atoms with van der Waals surface area (Å²) < 4.78 is 11.0. The lowest BCUT2D eigenvalue weighted by atomic mass is 10.1. The fourth-order valence-corrected chi connectivity index (χ4v) is 2.13. The molecule has 0 aliphatic heterocycles. The summed E-state index contributed by atoms with van der Waals surface area (Å²) in [5, 5.41) is 11.9. The van der Waals surface area contributed by atoms with Crippen molar-refractivity contribution in [2.45, 2.75) is 13.5 Å². The van der Waals surface area contributed by atoms with Crippen LogP contribution in [0.2, 0.25) is 5.02 Å². The molecular weight excluding hydrogens is 290 g/mol. The topological polar surface area (TPSA) is 51.0 Å². The van der Waals surface area contributed by atoms with Gasteiger partial charge in [0.15, 0.2) is 11.5 Å². The first-order valence-electron chi connectivity index (χ1n) is 6.37. The van der Waals surface area contributed by atoms with Crippen molar-refractivity contribution in [2.75, 3.05) is 7.11 Å². The lowest BCUT2D eigenvalue weighted by Gasteiger charge is -2.13. The van der Waals surface area contributed by atoms with Crippen molar-refractivity contribution in [2.24, 2.45) is 5.16 Å². The molecule has 0 saturated heterocycles. The van der Waals surface area contributed by atoms with E-state index in [2.05, 4.69) is 5.16 Å². The predicted octanol–water partition coefficient (Wildman–Crippen LogP) is 4.04. The van der Waals surface area contributed by atoms with Crippen LogP contribution in [0.3, 0.4) is 0 Å². The van der Waals surface area contributed by atoms with Crippen molar-refractivity contribution in [3.05, 3.63) is 58.1 Å². The van der Waals surface area contributed by atoms with Gasteiger partial charge in [0.05, 0.1) is 18.3 Å². The zero-order valence-electron chi connectivity index (χ0n) is 11.8.